The van der Waals surface area contributed by atoms with E-state index in [0.717, 1.165) is 17.0 Å². The molecule has 3 N–H and O–H groups in total. The van der Waals surface area contributed by atoms with Gasteiger partial charge in [-0.05, 0) is 40.3 Å². The number of ketones is 1. The highest BCUT2D eigenvalue weighted by atomic mass is 16.6. The molecule has 22 heavy (non-hydrogen) atoms. The fourth-order valence-electron chi connectivity index (χ4n) is 2.53. The first-order valence-electron chi connectivity index (χ1n) is 6.88. The Balaban J connectivity index is 1.77. The minimum atomic E-state index is 0.0598. The maximum absolute atomic E-state index is 12.0. The van der Waals surface area contributed by atoms with E-state index in [-0.39, 0.29) is 17.5 Å². The predicted molar refractivity (Wildman–Crippen MR) is 80.4 cm³/mol. The number of benzene rings is 1. The quantitative estimate of drug-likeness (QED) is 0.891. The maximum atomic E-state index is 12.0. The summed E-state index contributed by atoms with van der Waals surface area (Å²) in [5.41, 5.74) is 7.45. The van der Waals surface area contributed by atoms with E-state index >= 15 is 0 Å². The maximum Gasteiger partial charge on any atom is 0.219 e. The molecular formula is C15H16N4O3. The molecule has 0 bridgehead atoms. The van der Waals surface area contributed by atoms with E-state index in [1.54, 1.807) is 13.2 Å². The van der Waals surface area contributed by atoms with Gasteiger partial charge in [0, 0.05) is 18.2 Å². The lowest BCUT2D eigenvalue weighted by molar-refractivity contribution is -0.115. The van der Waals surface area contributed by atoms with Crippen molar-refractivity contribution in [2.75, 3.05) is 18.2 Å². The first kappa shape index (κ1) is 14.1. The summed E-state index contributed by atoms with van der Waals surface area (Å²) in [5.74, 6) is 1.45. The third-order valence-electron chi connectivity index (χ3n) is 3.63. The highest BCUT2D eigenvalue weighted by Gasteiger charge is 2.23. The Morgan fingerprint density at radius 1 is 1.27 bits per heavy atom. The van der Waals surface area contributed by atoms with E-state index in [4.69, 9.17) is 10.5 Å². The first-order chi connectivity index (χ1) is 10.7. The molecule has 1 aromatic carbocycles. The van der Waals surface area contributed by atoms with Crippen LogP contribution in [0.3, 0.4) is 0 Å². The number of nitrogens with two attached hydrogens (primary N) is 1. The average Bonchev–Trinajstić information content (AvgIpc) is 2.92. The number of methoxy groups -OCH3 is 1. The molecule has 0 unspecified atom stereocenters. The van der Waals surface area contributed by atoms with Crippen LogP contribution in [0.5, 0.6) is 5.75 Å². The van der Waals surface area contributed by atoms with Gasteiger partial charge in [-0.1, -0.05) is 12.1 Å². The van der Waals surface area contributed by atoms with Crippen molar-refractivity contribution in [1.29, 1.82) is 0 Å². The molecule has 0 saturated carbocycles. The lowest BCUT2D eigenvalue weighted by Crippen LogP contribution is -2.17. The normalized spacial score (nSPS) is 18.0. The van der Waals surface area contributed by atoms with Crippen molar-refractivity contribution in [2.24, 2.45) is 0 Å². The summed E-state index contributed by atoms with van der Waals surface area (Å²) >= 11 is 0. The van der Waals surface area contributed by atoms with Crippen LogP contribution in [0.1, 0.15) is 24.3 Å². The molecule has 1 atom stereocenters. The van der Waals surface area contributed by atoms with Crippen LogP contribution in [0.2, 0.25) is 0 Å². The van der Waals surface area contributed by atoms with Crippen LogP contribution in [0.4, 0.5) is 11.6 Å². The average molecular weight is 300 g/mol. The fraction of sp³-hybridized carbons (Fsp3) is 0.267. The van der Waals surface area contributed by atoms with Gasteiger partial charge >= 0.3 is 0 Å². The van der Waals surface area contributed by atoms with Gasteiger partial charge in [-0.3, -0.25) is 4.79 Å². The van der Waals surface area contributed by atoms with Crippen molar-refractivity contribution in [1.82, 2.24) is 10.3 Å². The highest BCUT2D eigenvalue weighted by molar-refractivity contribution is 5.92. The topological polar surface area (TPSA) is 103 Å². The minimum absolute atomic E-state index is 0.0598. The summed E-state index contributed by atoms with van der Waals surface area (Å²) in [5, 5.41) is 10.2. The number of nitrogens with zero attached hydrogens (tertiary/aromatic N) is 2. The molecule has 7 nitrogen and oxygen atoms in total. The number of carbonyl (C=O) groups is 1. The molecular weight excluding hydrogens is 284 g/mol. The van der Waals surface area contributed by atoms with Crippen molar-refractivity contribution in [2.45, 2.75) is 18.8 Å². The van der Waals surface area contributed by atoms with Crippen molar-refractivity contribution in [3.8, 4) is 5.75 Å². The Kier molecular flexibility index (Phi) is 3.78. The lowest BCUT2D eigenvalue weighted by atomic mass is 9.85. The Labute approximate surface area is 127 Å². The summed E-state index contributed by atoms with van der Waals surface area (Å²) < 4.78 is 9.69. The molecule has 0 fully saturated rings. The molecule has 0 saturated heterocycles. The Morgan fingerprint density at radius 2 is 2.05 bits per heavy atom. The van der Waals surface area contributed by atoms with Crippen LogP contribution >= 0.6 is 0 Å². The predicted octanol–water partition coefficient (Wildman–Crippen LogP) is 2.10. The summed E-state index contributed by atoms with van der Waals surface area (Å²) in [6, 6.07) is 7.74. The molecule has 1 aromatic heterocycles. The lowest BCUT2D eigenvalue weighted by Gasteiger charge is -2.22. The minimum Gasteiger partial charge on any atom is -0.497 e. The van der Waals surface area contributed by atoms with Gasteiger partial charge in [0.15, 0.2) is 5.78 Å². The molecule has 3 rings (SSSR count). The van der Waals surface area contributed by atoms with Crippen molar-refractivity contribution < 1.29 is 14.2 Å². The second-order valence-corrected chi connectivity index (χ2v) is 5.14. The zero-order valence-electron chi connectivity index (χ0n) is 12.1. The van der Waals surface area contributed by atoms with Crippen molar-refractivity contribution >= 4 is 17.4 Å². The summed E-state index contributed by atoms with van der Waals surface area (Å²) in [6.07, 6.45) is 2.74. The number of anilines is 2. The molecule has 1 heterocycles. The van der Waals surface area contributed by atoms with Crippen LogP contribution in [-0.2, 0) is 4.79 Å². The standard InChI is InChI=1S/C15H16N4O3/c1-21-13-4-2-9(3-5-13)10-6-11(8-12(20)7-10)17-15-14(16)18-22-19-15/h2-5,8,10H,6-7H2,1H3,(H2,16,18)(H,17,19)/t10-/m1/s1. The van der Waals surface area contributed by atoms with Gasteiger partial charge in [-0.15, -0.1) is 0 Å². The number of ether oxygens (including phenoxy) is 1. The summed E-state index contributed by atoms with van der Waals surface area (Å²) in [4.78, 5) is 12.0. The Morgan fingerprint density at radius 3 is 2.68 bits per heavy atom. The van der Waals surface area contributed by atoms with Crippen LogP contribution in [-0.4, -0.2) is 23.2 Å². The molecule has 1 aliphatic rings. The molecule has 7 heteroatoms. The number of nitrogen functional groups attached to an aromatic ring is 1. The molecule has 2 aromatic rings. The van der Waals surface area contributed by atoms with Gasteiger partial charge in [0.25, 0.3) is 0 Å². The van der Waals surface area contributed by atoms with Gasteiger partial charge in [0.05, 0.1) is 7.11 Å². The molecule has 0 amide bonds. The van der Waals surface area contributed by atoms with Crippen LogP contribution < -0.4 is 15.8 Å². The summed E-state index contributed by atoms with van der Waals surface area (Å²) in [6.45, 7) is 0. The second kappa shape index (κ2) is 5.88. The molecule has 1 aliphatic carbocycles. The third kappa shape index (κ3) is 2.93. The summed E-state index contributed by atoms with van der Waals surface area (Å²) in [7, 11) is 1.63. The van der Waals surface area contributed by atoms with Crippen molar-refractivity contribution in [3.63, 3.8) is 0 Å². The zero-order valence-corrected chi connectivity index (χ0v) is 12.1. The molecule has 0 aliphatic heterocycles. The monoisotopic (exact) mass is 300 g/mol. The SMILES string of the molecule is COc1ccc([C@H]2CC(=O)C=C(Nc3nonc3N)C2)cc1. The second-order valence-electron chi connectivity index (χ2n) is 5.14. The number of allylic oxidation sites excluding steroid dienone is 2. The number of hydrogen-bond acceptors (Lipinski definition) is 7. The molecule has 114 valence electrons. The number of aromatic nitrogens is 2. The van der Waals surface area contributed by atoms with E-state index < -0.39 is 0 Å². The first-order valence-corrected chi connectivity index (χ1v) is 6.88. The van der Waals surface area contributed by atoms with E-state index in [0.29, 0.717) is 18.7 Å². The number of hydrogen-bond donors (Lipinski definition) is 2. The smallest absolute Gasteiger partial charge is 0.219 e. The largest absolute Gasteiger partial charge is 0.497 e. The van der Waals surface area contributed by atoms with Crippen molar-refractivity contribution in [3.05, 3.63) is 41.6 Å². The van der Waals surface area contributed by atoms with E-state index in [9.17, 15) is 4.79 Å². The van der Waals surface area contributed by atoms with Gasteiger partial charge in [0.1, 0.15) is 5.75 Å². The third-order valence-corrected chi connectivity index (χ3v) is 3.63. The van der Waals surface area contributed by atoms with Gasteiger partial charge in [-0.25, -0.2) is 4.63 Å². The number of carbonyl (C=O) groups excluding carboxylic acids is 1. The molecule has 0 spiro atoms. The van der Waals surface area contributed by atoms with E-state index in [2.05, 4.69) is 20.3 Å². The Bertz CT molecular complexity index is 706. The fourth-order valence-corrected chi connectivity index (χ4v) is 2.53. The van der Waals surface area contributed by atoms with Gasteiger partial charge in [-0.2, -0.15) is 0 Å². The Hall–Kier alpha value is -2.83. The number of nitrogens with one attached hydrogen (secondary N) is 1. The van der Waals surface area contributed by atoms with Crippen LogP contribution in [0.15, 0.2) is 40.7 Å². The van der Waals surface area contributed by atoms with E-state index in [1.807, 2.05) is 24.3 Å². The van der Waals surface area contributed by atoms with Crippen LogP contribution in [0.25, 0.3) is 0 Å². The van der Waals surface area contributed by atoms with Gasteiger partial charge in [0.2, 0.25) is 11.6 Å². The van der Waals surface area contributed by atoms with E-state index in [1.165, 1.54) is 0 Å². The zero-order chi connectivity index (χ0) is 15.5. The van der Waals surface area contributed by atoms with Gasteiger partial charge < -0.3 is 15.8 Å². The highest BCUT2D eigenvalue weighted by Crippen LogP contribution is 2.33. The number of rotatable bonds is 4. The van der Waals surface area contributed by atoms with Crippen LogP contribution in [0, 0.1) is 0 Å². The molecule has 0 radical (unpaired) electrons.